The number of ether oxygens (including phenoxy) is 2. The molecule has 0 saturated carbocycles. The smallest absolute Gasteiger partial charge is 0.253 e. The van der Waals surface area contributed by atoms with Gasteiger partial charge in [-0.2, -0.15) is 0 Å². The first-order valence-electron chi connectivity index (χ1n) is 8.90. The summed E-state index contributed by atoms with van der Waals surface area (Å²) in [5, 5.41) is 2.74. The van der Waals surface area contributed by atoms with Crippen molar-refractivity contribution >= 4 is 12.0 Å². The lowest BCUT2D eigenvalue weighted by molar-refractivity contribution is -0.116. The van der Waals surface area contributed by atoms with Crippen LogP contribution >= 0.6 is 0 Å². The molecule has 1 heterocycles. The van der Waals surface area contributed by atoms with Gasteiger partial charge in [0.05, 0.1) is 13.7 Å². The molecule has 1 aromatic heterocycles. The minimum Gasteiger partial charge on any atom is -0.493 e. The molecule has 0 radical (unpaired) electrons. The van der Waals surface area contributed by atoms with Crippen LogP contribution in [0.3, 0.4) is 0 Å². The number of rotatable bonds is 8. The minimum atomic E-state index is -0.278. The quantitative estimate of drug-likeness (QED) is 0.700. The fraction of sp³-hybridized carbons (Fsp3) is 0.333. The molecule has 6 heteroatoms. The van der Waals surface area contributed by atoms with Crippen LogP contribution in [-0.2, 0) is 11.3 Å². The van der Waals surface area contributed by atoms with Crippen LogP contribution in [0.5, 0.6) is 11.5 Å². The topological polar surface area (TPSA) is 80.4 Å². The number of carbonyl (C=O) groups excluding carboxylic acids is 1. The Balaban J connectivity index is 2.01. The summed E-state index contributed by atoms with van der Waals surface area (Å²) >= 11 is 0. The monoisotopic (exact) mass is 370 g/mol. The number of aryl methyl sites for hydroxylation is 2. The second-order valence-corrected chi connectivity index (χ2v) is 6.25. The van der Waals surface area contributed by atoms with Crippen molar-refractivity contribution in [1.82, 2.24) is 10.3 Å². The van der Waals surface area contributed by atoms with Gasteiger partial charge in [0.2, 0.25) is 5.91 Å². The SMILES string of the molecule is CCCOc1ccc(/C=C/C(=O)NCc2c(C)cc(C)[nH]c2=O)cc1OC. The van der Waals surface area contributed by atoms with Crippen molar-refractivity contribution in [3.05, 3.63) is 63.1 Å². The van der Waals surface area contributed by atoms with Crippen molar-refractivity contribution < 1.29 is 14.3 Å². The number of benzene rings is 1. The molecule has 0 aliphatic carbocycles. The fourth-order valence-electron chi connectivity index (χ4n) is 2.63. The van der Waals surface area contributed by atoms with Gasteiger partial charge in [0.15, 0.2) is 11.5 Å². The van der Waals surface area contributed by atoms with Gasteiger partial charge >= 0.3 is 0 Å². The molecule has 0 saturated heterocycles. The molecule has 0 bridgehead atoms. The van der Waals surface area contributed by atoms with E-state index in [9.17, 15) is 9.59 Å². The van der Waals surface area contributed by atoms with Gasteiger partial charge < -0.3 is 19.8 Å². The molecule has 1 aromatic carbocycles. The van der Waals surface area contributed by atoms with Crippen LogP contribution in [0.2, 0.25) is 0 Å². The van der Waals surface area contributed by atoms with Crippen LogP contribution < -0.4 is 20.3 Å². The molecule has 2 rings (SSSR count). The highest BCUT2D eigenvalue weighted by Gasteiger charge is 2.07. The number of methoxy groups -OCH3 is 1. The maximum absolute atomic E-state index is 12.1. The number of aromatic amines is 1. The van der Waals surface area contributed by atoms with E-state index >= 15 is 0 Å². The maximum Gasteiger partial charge on any atom is 0.253 e. The molecule has 0 fully saturated rings. The third-order valence-corrected chi connectivity index (χ3v) is 4.01. The second-order valence-electron chi connectivity index (χ2n) is 6.25. The molecule has 144 valence electrons. The zero-order valence-electron chi connectivity index (χ0n) is 16.2. The number of nitrogens with one attached hydrogen (secondary N) is 2. The van der Waals surface area contributed by atoms with Crippen molar-refractivity contribution in [2.45, 2.75) is 33.7 Å². The Bertz CT molecular complexity index is 884. The van der Waals surface area contributed by atoms with Crippen LogP contribution in [-0.4, -0.2) is 24.6 Å². The van der Waals surface area contributed by atoms with Gasteiger partial charge in [0, 0.05) is 23.9 Å². The van der Waals surface area contributed by atoms with Crippen molar-refractivity contribution in [3.8, 4) is 11.5 Å². The van der Waals surface area contributed by atoms with Crippen molar-refractivity contribution in [3.63, 3.8) is 0 Å². The fourth-order valence-corrected chi connectivity index (χ4v) is 2.63. The van der Waals surface area contributed by atoms with E-state index < -0.39 is 0 Å². The summed E-state index contributed by atoms with van der Waals surface area (Å²) in [6.07, 6.45) is 4.03. The molecule has 0 aliphatic heterocycles. The van der Waals surface area contributed by atoms with E-state index in [-0.39, 0.29) is 18.0 Å². The number of aromatic nitrogens is 1. The summed E-state index contributed by atoms with van der Waals surface area (Å²) in [6.45, 7) is 6.51. The molecular weight excluding hydrogens is 344 g/mol. The van der Waals surface area contributed by atoms with Crippen molar-refractivity contribution in [2.75, 3.05) is 13.7 Å². The third-order valence-electron chi connectivity index (χ3n) is 4.01. The van der Waals surface area contributed by atoms with Crippen LogP contribution in [0.15, 0.2) is 35.1 Å². The first kappa shape index (κ1) is 20.3. The molecule has 6 nitrogen and oxygen atoms in total. The van der Waals surface area contributed by atoms with Gasteiger partial charge in [-0.05, 0) is 55.7 Å². The highest BCUT2D eigenvalue weighted by atomic mass is 16.5. The molecule has 0 atom stereocenters. The van der Waals surface area contributed by atoms with E-state index in [0.29, 0.717) is 23.7 Å². The van der Waals surface area contributed by atoms with Gasteiger partial charge in [-0.1, -0.05) is 13.0 Å². The maximum atomic E-state index is 12.1. The van der Waals surface area contributed by atoms with Gasteiger partial charge in [0.1, 0.15) is 0 Å². The number of hydrogen-bond donors (Lipinski definition) is 2. The van der Waals surface area contributed by atoms with Crippen LogP contribution in [0.25, 0.3) is 6.08 Å². The Kier molecular flexibility index (Phi) is 7.23. The number of carbonyl (C=O) groups is 1. The Morgan fingerprint density at radius 1 is 1.22 bits per heavy atom. The molecule has 2 N–H and O–H groups in total. The Morgan fingerprint density at radius 3 is 2.67 bits per heavy atom. The lowest BCUT2D eigenvalue weighted by Gasteiger charge is -2.10. The van der Waals surface area contributed by atoms with Gasteiger partial charge in [-0.25, -0.2) is 0 Å². The Morgan fingerprint density at radius 2 is 2.00 bits per heavy atom. The average Bonchev–Trinajstić information content (AvgIpc) is 2.64. The first-order chi connectivity index (χ1) is 12.9. The number of H-pyrrole nitrogens is 1. The van der Waals surface area contributed by atoms with Crippen LogP contribution in [0, 0.1) is 13.8 Å². The third kappa shape index (κ3) is 5.74. The zero-order valence-corrected chi connectivity index (χ0v) is 16.2. The molecular formula is C21H26N2O4. The highest BCUT2D eigenvalue weighted by Crippen LogP contribution is 2.28. The minimum absolute atomic E-state index is 0.177. The van der Waals surface area contributed by atoms with Gasteiger partial charge in [0.25, 0.3) is 5.56 Å². The van der Waals surface area contributed by atoms with E-state index in [1.165, 1.54) is 6.08 Å². The van der Waals surface area contributed by atoms with E-state index in [2.05, 4.69) is 10.3 Å². The zero-order chi connectivity index (χ0) is 19.8. The summed E-state index contributed by atoms with van der Waals surface area (Å²) < 4.78 is 10.9. The van der Waals surface area contributed by atoms with Gasteiger partial charge in [-0.3, -0.25) is 9.59 Å². The number of hydrogen-bond acceptors (Lipinski definition) is 4. The highest BCUT2D eigenvalue weighted by molar-refractivity contribution is 5.91. The van der Waals surface area contributed by atoms with Crippen LogP contribution in [0.1, 0.15) is 35.7 Å². The van der Waals surface area contributed by atoms with Crippen LogP contribution in [0.4, 0.5) is 0 Å². The summed E-state index contributed by atoms with van der Waals surface area (Å²) in [5.74, 6) is 1.02. The van der Waals surface area contributed by atoms with Crippen molar-refractivity contribution in [1.29, 1.82) is 0 Å². The summed E-state index contributed by atoms with van der Waals surface area (Å²) in [7, 11) is 1.58. The molecule has 2 aromatic rings. The van der Waals surface area contributed by atoms with Gasteiger partial charge in [-0.15, -0.1) is 0 Å². The predicted molar refractivity (Wildman–Crippen MR) is 106 cm³/mol. The molecule has 27 heavy (non-hydrogen) atoms. The lowest BCUT2D eigenvalue weighted by atomic mass is 10.1. The number of amides is 1. The summed E-state index contributed by atoms with van der Waals surface area (Å²) in [6, 6.07) is 7.37. The first-order valence-corrected chi connectivity index (χ1v) is 8.90. The number of pyridine rings is 1. The summed E-state index contributed by atoms with van der Waals surface area (Å²) in [4.78, 5) is 26.8. The molecule has 0 unspecified atom stereocenters. The molecule has 1 amide bonds. The summed E-state index contributed by atoms with van der Waals surface area (Å²) in [5.41, 5.74) is 2.85. The average molecular weight is 370 g/mol. The Hall–Kier alpha value is -3.02. The predicted octanol–water partition coefficient (Wildman–Crippen LogP) is 3.12. The van der Waals surface area contributed by atoms with E-state index in [4.69, 9.17) is 9.47 Å². The molecule has 0 aliphatic rings. The van der Waals surface area contributed by atoms with E-state index in [0.717, 1.165) is 23.2 Å². The standard InChI is InChI=1S/C21H26N2O4/c1-5-10-27-18-8-6-16(12-19(18)26-4)7-9-20(24)22-13-17-14(2)11-15(3)23-21(17)25/h6-9,11-12H,5,10,13H2,1-4H3,(H,22,24)(H,23,25)/b9-7+. The largest absolute Gasteiger partial charge is 0.493 e. The second kappa shape index (κ2) is 9.62. The molecule has 0 spiro atoms. The van der Waals surface area contributed by atoms with Crippen molar-refractivity contribution in [2.24, 2.45) is 0 Å². The normalized spacial score (nSPS) is 10.8. The lowest BCUT2D eigenvalue weighted by Crippen LogP contribution is -2.26. The van der Waals surface area contributed by atoms with E-state index in [1.807, 2.05) is 45.0 Å². The van der Waals surface area contributed by atoms with E-state index in [1.54, 1.807) is 13.2 Å². The Labute approximate surface area is 159 Å².